The van der Waals surface area contributed by atoms with Crippen LogP contribution in [-0.2, 0) is 18.6 Å². The highest BCUT2D eigenvalue weighted by atomic mass is 32.2. The van der Waals surface area contributed by atoms with Gasteiger partial charge in [-0.05, 0) is 55.5 Å². The zero-order valence-electron chi connectivity index (χ0n) is 18.4. The third kappa shape index (κ3) is 3.76. The first-order valence-corrected chi connectivity index (χ1v) is 13.2. The number of aromatic nitrogens is 4. The van der Waals surface area contributed by atoms with Crippen LogP contribution >= 0.6 is 23.1 Å². The van der Waals surface area contributed by atoms with E-state index >= 15 is 0 Å². The molecule has 6 rings (SSSR count). The lowest BCUT2D eigenvalue weighted by Gasteiger charge is -2.12. The predicted molar refractivity (Wildman–Crippen MR) is 138 cm³/mol. The topological polar surface area (TPSA) is 80.6 Å². The maximum absolute atomic E-state index is 13.9. The summed E-state index contributed by atoms with van der Waals surface area (Å²) in [5.41, 5.74) is 2.47. The van der Waals surface area contributed by atoms with Crippen molar-refractivity contribution >= 4 is 44.2 Å². The van der Waals surface area contributed by atoms with Crippen molar-refractivity contribution in [2.45, 2.75) is 43.0 Å². The van der Waals surface area contributed by atoms with Crippen molar-refractivity contribution in [1.82, 2.24) is 19.5 Å². The minimum absolute atomic E-state index is 0.0157. The second kappa shape index (κ2) is 8.85. The third-order valence-corrected chi connectivity index (χ3v) is 8.36. The first-order valence-electron chi connectivity index (χ1n) is 11.4. The van der Waals surface area contributed by atoms with Crippen LogP contribution in [0.25, 0.3) is 26.8 Å². The Balaban J connectivity index is 1.47. The molecule has 34 heavy (non-hydrogen) atoms. The standard InChI is InChI=1S/C26H22N4O2S2/c31-23-17-11-7-8-13-19(17)27-21(28-23)15-33-26-29-24-22(18-12-5-2-6-14-20(18)34-24)25(32)30(26)16-9-3-1-4-10-16/h1,3-4,7-11,13H,2,5-6,12,14-15H2,(H,27,28,31). The molecule has 1 aliphatic carbocycles. The summed E-state index contributed by atoms with van der Waals surface area (Å²) < 4.78 is 1.71. The molecule has 0 bridgehead atoms. The molecule has 0 amide bonds. The Morgan fingerprint density at radius 1 is 0.941 bits per heavy atom. The Hall–Kier alpha value is -3.23. The Bertz CT molecular complexity index is 1640. The number of fused-ring (bicyclic) bond motifs is 4. The minimum Gasteiger partial charge on any atom is -0.309 e. The van der Waals surface area contributed by atoms with Crippen LogP contribution in [0.1, 0.15) is 35.5 Å². The predicted octanol–water partition coefficient (Wildman–Crippen LogP) is 5.24. The second-order valence-corrected chi connectivity index (χ2v) is 10.5. The summed E-state index contributed by atoms with van der Waals surface area (Å²) in [6, 6.07) is 17.0. The number of aromatic amines is 1. The van der Waals surface area contributed by atoms with Gasteiger partial charge in [0.2, 0.25) is 0 Å². The summed E-state index contributed by atoms with van der Waals surface area (Å²) in [5.74, 6) is 0.959. The third-order valence-electron chi connectivity index (χ3n) is 6.22. The number of thiophene rings is 1. The molecule has 6 nitrogen and oxygen atoms in total. The Morgan fingerprint density at radius 2 is 1.74 bits per heavy atom. The highest BCUT2D eigenvalue weighted by Crippen LogP contribution is 2.35. The summed E-state index contributed by atoms with van der Waals surface area (Å²) >= 11 is 3.08. The van der Waals surface area contributed by atoms with Gasteiger partial charge in [-0.25, -0.2) is 9.97 Å². The molecule has 170 valence electrons. The van der Waals surface area contributed by atoms with Crippen LogP contribution in [0.5, 0.6) is 0 Å². The average Bonchev–Trinajstić information content (AvgIpc) is 3.04. The second-order valence-electron chi connectivity index (χ2n) is 8.43. The van der Waals surface area contributed by atoms with Crippen molar-refractivity contribution < 1.29 is 0 Å². The fraction of sp³-hybridized carbons (Fsp3) is 0.231. The SMILES string of the molecule is O=c1[nH]c(CSc2nc3sc4c(c3c(=O)n2-c2ccccc2)CCCCC4)nc2ccccc12. The van der Waals surface area contributed by atoms with Crippen molar-refractivity contribution in [3.63, 3.8) is 0 Å². The van der Waals surface area contributed by atoms with Gasteiger partial charge in [0, 0.05) is 4.88 Å². The van der Waals surface area contributed by atoms with E-state index in [1.165, 1.54) is 28.6 Å². The maximum atomic E-state index is 13.9. The van der Waals surface area contributed by atoms with E-state index in [0.717, 1.165) is 41.6 Å². The van der Waals surface area contributed by atoms with E-state index in [1.807, 2.05) is 48.5 Å². The van der Waals surface area contributed by atoms with Gasteiger partial charge in [0.25, 0.3) is 11.1 Å². The number of aryl methyl sites for hydroxylation is 2. The summed E-state index contributed by atoms with van der Waals surface area (Å²) in [6.45, 7) is 0. The lowest BCUT2D eigenvalue weighted by Crippen LogP contribution is -2.22. The number of H-pyrrole nitrogens is 1. The van der Waals surface area contributed by atoms with Crippen LogP contribution in [0, 0.1) is 0 Å². The van der Waals surface area contributed by atoms with Crippen LogP contribution in [0.15, 0.2) is 69.3 Å². The van der Waals surface area contributed by atoms with Crippen molar-refractivity contribution in [1.29, 1.82) is 0 Å². The van der Waals surface area contributed by atoms with Crippen molar-refractivity contribution in [2.24, 2.45) is 0 Å². The van der Waals surface area contributed by atoms with Crippen LogP contribution in [0.3, 0.4) is 0 Å². The molecule has 0 saturated carbocycles. The Labute approximate surface area is 203 Å². The molecule has 5 aromatic rings. The number of hydrogen-bond donors (Lipinski definition) is 1. The molecule has 0 atom stereocenters. The zero-order valence-corrected chi connectivity index (χ0v) is 20.0. The molecular weight excluding hydrogens is 464 g/mol. The van der Waals surface area contributed by atoms with Gasteiger partial charge in [-0.2, -0.15) is 0 Å². The van der Waals surface area contributed by atoms with E-state index in [1.54, 1.807) is 22.0 Å². The number of benzene rings is 2. The number of nitrogens with zero attached hydrogens (tertiary/aromatic N) is 3. The van der Waals surface area contributed by atoms with Gasteiger partial charge in [0.15, 0.2) is 5.16 Å². The number of rotatable bonds is 4. The average molecular weight is 487 g/mol. The van der Waals surface area contributed by atoms with E-state index in [4.69, 9.17) is 4.98 Å². The van der Waals surface area contributed by atoms with Gasteiger partial charge in [-0.3, -0.25) is 14.2 Å². The Kier molecular flexibility index (Phi) is 5.55. The fourth-order valence-corrected chi connectivity index (χ4v) is 6.79. The molecule has 1 aliphatic rings. The van der Waals surface area contributed by atoms with Gasteiger partial charge in [0.05, 0.1) is 27.7 Å². The molecule has 8 heteroatoms. The normalized spacial score (nSPS) is 13.8. The van der Waals surface area contributed by atoms with Gasteiger partial charge < -0.3 is 4.98 Å². The lowest BCUT2D eigenvalue weighted by atomic mass is 10.1. The van der Waals surface area contributed by atoms with Crippen molar-refractivity contribution in [2.75, 3.05) is 0 Å². The molecule has 3 aromatic heterocycles. The largest absolute Gasteiger partial charge is 0.309 e. The van der Waals surface area contributed by atoms with E-state index in [9.17, 15) is 9.59 Å². The highest BCUT2D eigenvalue weighted by molar-refractivity contribution is 7.98. The van der Waals surface area contributed by atoms with E-state index < -0.39 is 0 Å². The van der Waals surface area contributed by atoms with Gasteiger partial charge in [0.1, 0.15) is 10.7 Å². The fourth-order valence-electron chi connectivity index (χ4n) is 4.60. The van der Waals surface area contributed by atoms with Gasteiger partial charge in [-0.15, -0.1) is 11.3 Å². The first kappa shape index (κ1) is 21.3. The zero-order chi connectivity index (χ0) is 23.1. The summed E-state index contributed by atoms with van der Waals surface area (Å²) in [4.78, 5) is 41.0. The van der Waals surface area contributed by atoms with Crippen LogP contribution in [0.4, 0.5) is 0 Å². The molecule has 1 N–H and O–H groups in total. The molecule has 0 unspecified atom stereocenters. The maximum Gasteiger partial charge on any atom is 0.267 e. The molecule has 0 saturated heterocycles. The Morgan fingerprint density at radius 3 is 2.62 bits per heavy atom. The molecule has 0 radical (unpaired) electrons. The summed E-state index contributed by atoms with van der Waals surface area (Å²) in [7, 11) is 0. The van der Waals surface area contributed by atoms with E-state index in [2.05, 4.69) is 9.97 Å². The number of hydrogen-bond acceptors (Lipinski definition) is 6. The number of thioether (sulfide) groups is 1. The molecular formula is C26H22N4O2S2. The minimum atomic E-state index is -0.160. The molecule has 0 aliphatic heterocycles. The smallest absolute Gasteiger partial charge is 0.267 e. The van der Waals surface area contributed by atoms with Crippen molar-refractivity contribution in [3.05, 3.63) is 91.6 Å². The van der Waals surface area contributed by atoms with Gasteiger partial charge >= 0.3 is 0 Å². The number of para-hydroxylation sites is 2. The quantitative estimate of drug-likeness (QED) is 0.213. The summed E-state index contributed by atoms with van der Waals surface area (Å²) in [5, 5.41) is 1.94. The van der Waals surface area contributed by atoms with Crippen LogP contribution in [-0.4, -0.2) is 19.5 Å². The summed E-state index contributed by atoms with van der Waals surface area (Å²) in [6.07, 6.45) is 5.44. The van der Waals surface area contributed by atoms with E-state index in [0.29, 0.717) is 27.6 Å². The van der Waals surface area contributed by atoms with E-state index in [-0.39, 0.29) is 11.1 Å². The molecule has 0 spiro atoms. The monoisotopic (exact) mass is 486 g/mol. The van der Waals surface area contributed by atoms with Crippen LogP contribution < -0.4 is 11.1 Å². The lowest BCUT2D eigenvalue weighted by molar-refractivity contribution is 0.713. The molecule has 2 aromatic carbocycles. The number of nitrogens with one attached hydrogen (secondary N) is 1. The van der Waals surface area contributed by atoms with Crippen LogP contribution in [0.2, 0.25) is 0 Å². The molecule has 3 heterocycles. The van der Waals surface area contributed by atoms with Gasteiger partial charge in [-0.1, -0.05) is 48.5 Å². The highest BCUT2D eigenvalue weighted by Gasteiger charge is 2.22. The van der Waals surface area contributed by atoms with Crippen molar-refractivity contribution in [3.8, 4) is 5.69 Å². The molecule has 0 fully saturated rings. The first-order chi connectivity index (χ1) is 16.7.